The summed E-state index contributed by atoms with van der Waals surface area (Å²) in [4.78, 5) is 0. The molecule has 0 aromatic carbocycles. The van der Waals surface area contributed by atoms with Crippen molar-refractivity contribution >= 4 is 0 Å². The Balaban J connectivity index is 2.83. The Hall–Kier alpha value is -0.610. The predicted molar refractivity (Wildman–Crippen MR) is 33.6 cm³/mol. The standard InChI is InChI=1S/C7H7F5/c1-2-3(8)5(10)7(12)6(11)4(2)9/h3-7H,1H2. The highest BCUT2D eigenvalue weighted by Gasteiger charge is 2.49. The van der Waals surface area contributed by atoms with Crippen molar-refractivity contribution in [2.45, 2.75) is 30.9 Å². The molecule has 0 amide bonds. The quantitative estimate of drug-likeness (QED) is 0.402. The SMILES string of the molecule is C=C1C(F)C(F)C(F)C(F)C1F. The molecule has 5 heteroatoms. The van der Waals surface area contributed by atoms with Gasteiger partial charge in [0.1, 0.15) is 0 Å². The largest absolute Gasteiger partial charge is 0.241 e. The van der Waals surface area contributed by atoms with Crippen LogP contribution in [0, 0.1) is 0 Å². The van der Waals surface area contributed by atoms with Gasteiger partial charge in [0.25, 0.3) is 0 Å². The minimum Gasteiger partial charge on any atom is -0.241 e. The molecule has 0 radical (unpaired) electrons. The van der Waals surface area contributed by atoms with E-state index in [4.69, 9.17) is 0 Å². The number of halogens is 5. The van der Waals surface area contributed by atoms with Crippen molar-refractivity contribution in [2.75, 3.05) is 0 Å². The molecule has 1 aliphatic rings. The van der Waals surface area contributed by atoms with Crippen molar-refractivity contribution in [2.24, 2.45) is 0 Å². The molecule has 0 aromatic rings. The highest BCUT2D eigenvalue weighted by atomic mass is 19.2. The second-order valence-electron chi connectivity index (χ2n) is 2.71. The summed E-state index contributed by atoms with van der Waals surface area (Å²) < 4.78 is 62.3. The van der Waals surface area contributed by atoms with Crippen LogP contribution in [0.25, 0.3) is 0 Å². The van der Waals surface area contributed by atoms with Crippen LogP contribution in [0.5, 0.6) is 0 Å². The Morgan fingerprint density at radius 3 is 1.42 bits per heavy atom. The molecule has 4 unspecified atom stereocenters. The molecule has 1 aliphatic carbocycles. The van der Waals surface area contributed by atoms with Gasteiger partial charge in [0.05, 0.1) is 0 Å². The molecule has 0 N–H and O–H groups in total. The monoisotopic (exact) mass is 186 g/mol. The summed E-state index contributed by atoms with van der Waals surface area (Å²) in [5, 5.41) is 0. The van der Waals surface area contributed by atoms with Crippen LogP contribution in [-0.2, 0) is 0 Å². The summed E-state index contributed by atoms with van der Waals surface area (Å²) in [7, 11) is 0. The van der Waals surface area contributed by atoms with Crippen LogP contribution in [0.4, 0.5) is 22.0 Å². The van der Waals surface area contributed by atoms with Crippen molar-refractivity contribution in [3.8, 4) is 0 Å². The van der Waals surface area contributed by atoms with Gasteiger partial charge in [0, 0.05) is 0 Å². The molecule has 0 aromatic heterocycles. The van der Waals surface area contributed by atoms with Crippen molar-refractivity contribution in [3.05, 3.63) is 12.2 Å². The van der Waals surface area contributed by atoms with E-state index in [0.29, 0.717) is 0 Å². The molecule has 70 valence electrons. The van der Waals surface area contributed by atoms with Crippen molar-refractivity contribution < 1.29 is 22.0 Å². The molecular weight excluding hydrogens is 179 g/mol. The molecule has 0 bridgehead atoms. The van der Waals surface area contributed by atoms with Crippen LogP contribution >= 0.6 is 0 Å². The second kappa shape index (κ2) is 3.03. The van der Waals surface area contributed by atoms with Crippen LogP contribution in [0.15, 0.2) is 12.2 Å². The minimum absolute atomic E-state index is 0.857. The molecular formula is C7H7F5. The lowest BCUT2D eigenvalue weighted by molar-refractivity contribution is -0.0171. The highest BCUT2D eigenvalue weighted by Crippen LogP contribution is 2.34. The Morgan fingerprint density at radius 2 is 1.08 bits per heavy atom. The Bertz CT molecular complexity index is 174. The van der Waals surface area contributed by atoms with Gasteiger partial charge in [-0.05, 0) is 5.57 Å². The fourth-order valence-electron chi connectivity index (χ4n) is 1.06. The average molecular weight is 186 g/mol. The van der Waals surface area contributed by atoms with Crippen LogP contribution in [0.3, 0.4) is 0 Å². The first kappa shape index (κ1) is 9.48. The van der Waals surface area contributed by atoms with Gasteiger partial charge in [-0.15, -0.1) is 0 Å². The maximum absolute atomic E-state index is 12.5. The van der Waals surface area contributed by atoms with Gasteiger partial charge in [-0.25, -0.2) is 22.0 Å². The third-order valence-corrected chi connectivity index (χ3v) is 1.88. The minimum atomic E-state index is -2.74. The Morgan fingerprint density at radius 1 is 0.750 bits per heavy atom. The van der Waals surface area contributed by atoms with Crippen LogP contribution in [0.2, 0.25) is 0 Å². The van der Waals surface area contributed by atoms with E-state index >= 15 is 0 Å². The first-order chi connectivity index (χ1) is 5.46. The molecule has 1 fully saturated rings. The Kier molecular flexibility index (Phi) is 2.39. The lowest BCUT2D eigenvalue weighted by Gasteiger charge is -2.30. The topological polar surface area (TPSA) is 0 Å². The van der Waals surface area contributed by atoms with Gasteiger partial charge in [-0.2, -0.15) is 0 Å². The molecule has 0 heterocycles. The van der Waals surface area contributed by atoms with Gasteiger partial charge in [-0.1, -0.05) is 6.58 Å². The lowest BCUT2D eigenvalue weighted by Crippen LogP contribution is -2.48. The predicted octanol–water partition coefficient (Wildman–Crippen LogP) is 2.25. The van der Waals surface area contributed by atoms with Crippen LogP contribution in [0.1, 0.15) is 0 Å². The number of hydrogen-bond donors (Lipinski definition) is 0. The fraction of sp³-hybridized carbons (Fsp3) is 0.714. The van der Waals surface area contributed by atoms with E-state index in [1.54, 1.807) is 0 Å². The van der Waals surface area contributed by atoms with E-state index in [-0.39, 0.29) is 0 Å². The first-order valence-electron chi connectivity index (χ1n) is 3.36. The van der Waals surface area contributed by atoms with Gasteiger partial charge in [-0.3, -0.25) is 0 Å². The summed E-state index contributed by atoms with van der Waals surface area (Å²) in [6, 6.07) is 0. The third kappa shape index (κ3) is 1.21. The summed E-state index contributed by atoms with van der Waals surface area (Å²) in [6.07, 6.45) is -12.9. The smallest absolute Gasteiger partial charge is 0.169 e. The molecule has 0 aliphatic heterocycles. The van der Waals surface area contributed by atoms with Gasteiger partial charge in [0.15, 0.2) is 30.9 Å². The first-order valence-corrected chi connectivity index (χ1v) is 3.36. The normalized spacial score (nSPS) is 49.4. The molecule has 0 saturated heterocycles. The summed E-state index contributed by atoms with van der Waals surface area (Å²) in [5.41, 5.74) is -0.857. The molecule has 1 rings (SSSR count). The zero-order valence-electron chi connectivity index (χ0n) is 5.98. The average Bonchev–Trinajstić information content (AvgIpc) is 2.08. The zero-order valence-corrected chi connectivity index (χ0v) is 5.98. The zero-order chi connectivity index (χ0) is 9.46. The Labute approximate surface area is 66.1 Å². The third-order valence-electron chi connectivity index (χ3n) is 1.88. The summed E-state index contributed by atoms with van der Waals surface area (Å²) in [6.45, 7) is 2.81. The van der Waals surface area contributed by atoms with Gasteiger partial charge >= 0.3 is 0 Å². The lowest BCUT2D eigenvalue weighted by atomic mass is 9.88. The van der Waals surface area contributed by atoms with E-state index in [1.807, 2.05) is 0 Å². The van der Waals surface area contributed by atoms with Crippen molar-refractivity contribution in [1.29, 1.82) is 0 Å². The van der Waals surface area contributed by atoms with E-state index in [1.165, 1.54) is 0 Å². The maximum atomic E-state index is 12.5. The maximum Gasteiger partial charge on any atom is 0.169 e. The number of hydrogen-bond acceptors (Lipinski definition) is 0. The van der Waals surface area contributed by atoms with Gasteiger partial charge in [0.2, 0.25) is 0 Å². The highest BCUT2D eigenvalue weighted by molar-refractivity contribution is 5.19. The number of rotatable bonds is 0. The molecule has 12 heavy (non-hydrogen) atoms. The molecule has 1 saturated carbocycles. The van der Waals surface area contributed by atoms with Crippen molar-refractivity contribution in [1.82, 2.24) is 0 Å². The number of allylic oxidation sites excluding steroid dienone is 1. The fourth-order valence-corrected chi connectivity index (χ4v) is 1.06. The molecule has 0 spiro atoms. The molecule has 0 nitrogen and oxygen atoms in total. The summed E-state index contributed by atoms with van der Waals surface area (Å²) >= 11 is 0. The van der Waals surface area contributed by atoms with E-state index in [2.05, 4.69) is 6.58 Å². The van der Waals surface area contributed by atoms with E-state index in [0.717, 1.165) is 0 Å². The molecule has 4 atom stereocenters. The summed E-state index contributed by atoms with van der Waals surface area (Å²) in [5.74, 6) is 0. The van der Waals surface area contributed by atoms with Crippen LogP contribution in [-0.4, -0.2) is 30.9 Å². The second-order valence-corrected chi connectivity index (χ2v) is 2.71. The van der Waals surface area contributed by atoms with Gasteiger partial charge < -0.3 is 0 Å². The van der Waals surface area contributed by atoms with E-state index in [9.17, 15) is 22.0 Å². The van der Waals surface area contributed by atoms with E-state index < -0.39 is 36.4 Å². The number of alkyl halides is 5. The van der Waals surface area contributed by atoms with Crippen LogP contribution < -0.4 is 0 Å². The van der Waals surface area contributed by atoms with Crippen molar-refractivity contribution in [3.63, 3.8) is 0 Å².